The van der Waals surface area contributed by atoms with Crippen molar-refractivity contribution in [1.29, 1.82) is 0 Å². The number of nitrogens with zero attached hydrogens (tertiary/aromatic N) is 1. The molecule has 1 amide bonds. The van der Waals surface area contributed by atoms with E-state index in [-0.39, 0.29) is 6.54 Å². The van der Waals surface area contributed by atoms with Crippen LogP contribution in [0, 0.1) is 26.2 Å². The summed E-state index contributed by atoms with van der Waals surface area (Å²) in [5.74, 6) is 2.51. The Morgan fingerprint density at radius 1 is 1.32 bits per heavy atom. The van der Waals surface area contributed by atoms with Gasteiger partial charge in [-0.05, 0) is 45.7 Å². The van der Waals surface area contributed by atoms with Gasteiger partial charge in [-0.15, -0.1) is 6.42 Å². The molecule has 0 heterocycles. The molecule has 0 radical (unpaired) electrons. The molecule has 19 heavy (non-hydrogen) atoms. The van der Waals surface area contributed by atoms with Crippen molar-refractivity contribution in [3.63, 3.8) is 0 Å². The zero-order valence-corrected chi connectivity index (χ0v) is 12.3. The molecule has 0 unspecified atom stereocenters. The predicted octanol–water partition coefficient (Wildman–Crippen LogP) is 3.68. The lowest BCUT2D eigenvalue weighted by molar-refractivity contribution is 0.0584. The van der Waals surface area contributed by atoms with E-state index in [0.717, 1.165) is 16.8 Å². The van der Waals surface area contributed by atoms with Gasteiger partial charge in [0, 0.05) is 0 Å². The molecule has 0 atom stereocenters. The maximum atomic E-state index is 12.3. The van der Waals surface area contributed by atoms with Gasteiger partial charge >= 0.3 is 6.09 Å². The number of para-hydroxylation sites is 1. The van der Waals surface area contributed by atoms with Crippen molar-refractivity contribution in [2.45, 2.75) is 40.2 Å². The van der Waals surface area contributed by atoms with E-state index < -0.39 is 11.7 Å². The normalized spacial score (nSPS) is 10.7. The average Bonchev–Trinajstić information content (AvgIpc) is 2.25. The van der Waals surface area contributed by atoms with E-state index in [1.165, 1.54) is 4.90 Å². The van der Waals surface area contributed by atoms with E-state index in [4.69, 9.17) is 11.2 Å². The van der Waals surface area contributed by atoms with Gasteiger partial charge in [0.2, 0.25) is 0 Å². The zero-order valence-electron chi connectivity index (χ0n) is 12.3. The van der Waals surface area contributed by atoms with Gasteiger partial charge in [-0.3, -0.25) is 4.90 Å². The Morgan fingerprint density at radius 3 is 2.26 bits per heavy atom. The first-order chi connectivity index (χ1) is 8.76. The monoisotopic (exact) mass is 259 g/mol. The zero-order chi connectivity index (χ0) is 14.6. The summed E-state index contributed by atoms with van der Waals surface area (Å²) in [7, 11) is 0. The minimum absolute atomic E-state index is 0.195. The molecule has 0 fully saturated rings. The number of carbonyl (C=O) groups is 1. The standard InChI is InChI=1S/C16H21NO2/c1-7-11-17(15(18)19-16(4,5)6)14-12(2)9-8-10-13(14)3/h1,8-10H,11H2,2-6H3. The highest BCUT2D eigenvalue weighted by Gasteiger charge is 2.24. The molecule has 102 valence electrons. The molecule has 1 aromatic carbocycles. The fourth-order valence-corrected chi connectivity index (χ4v) is 1.87. The number of aryl methyl sites for hydroxylation is 2. The van der Waals surface area contributed by atoms with E-state index in [1.54, 1.807) is 0 Å². The summed E-state index contributed by atoms with van der Waals surface area (Å²) in [5.41, 5.74) is 2.29. The topological polar surface area (TPSA) is 29.5 Å². The molecule has 0 bridgehead atoms. The summed E-state index contributed by atoms with van der Waals surface area (Å²) in [4.78, 5) is 13.8. The Kier molecular flexibility index (Phi) is 4.61. The third kappa shape index (κ3) is 4.03. The molecule has 1 rings (SSSR count). The number of ether oxygens (including phenoxy) is 1. The summed E-state index contributed by atoms with van der Waals surface area (Å²) < 4.78 is 5.41. The number of hydrogen-bond acceptors (Lipinski definition) is 2. The third-order valence-electron chi connectivity index (χ3n) is 2.57. The highest BCUT2D eigenvalue weighted by Crippen LogP contribution is 2.26. The van der Waals surface area contributed by atoms with Gasteiger partial charge in [0.15, 0.2) is 0 Å². The lowest BCUT2D eigenvalue weighted by Crippen LogP contribution is -2.37. The van der Waals surface area contributed by atoms with E-state index >= 15 is 0 Å². The van der Waals surface area contributed by atoms with Gasteiger partial charge in [0.25, 0.3) is 0 Å². The Bertz CT molecular complexity index is 486. The molecule has 0 aromatic heterocycles. The maximum Gasteiger partial charge on any atom is 0.415 e. The van der Waals surface area contributed by atoms with Crippen molar-refractivity contribution in [2.75, 3.05) is 11.4 Å². The van der Waals surface area contributed by atoms with Crippen molar-refractivity contribution < 1.29 is 9.53 Å². The van der Waals surface area contributed by atoms with E-state index in [9.17, 15) is 4.79 Å². The fourth-order valence-electron chi connectivity index (χ4n) is 1.87. The Labute approximate surface area is 115 Å². The van der Waals surface area contributed by atoms with Crippen LogP contribution in [0.15, 0.2) is 18.2 Å². The number of amides is 1. The van der Waals surface area contributed by atoms with Gasteiger partial charge in [-0.2, -0.15) is 0 Å². The molecule has 0 saturated heterocycles. The van der Waals surface area contributed by atoms with Gasteiger partial charge < -0.3 is 4.74 Å². The highest BCUT2D eigenvalue weighted by atomic mass is 16.6. The van der Waals surface area contributed by atoms with Gasteiger partial charge in [0.05, 0.1) is 12.2 Å². The molecule has 0 saturated carbocycles. The van der Waals surface area contributed by atoms with E-state index in [1.807, 2.05) is 52.8 Å². The average molecular weight is 259 g/mol. The quantitative estimate of drug-likeness (QED) is 0.758. The molecule has 0 spiro atoms. The number of terminal acetylenes is 1. The molecule has 0 aliphatic carbocycles. The number of hydrogen-bond donors (Lipinski definition) is 0. The lowest BCUT2D eigenvalue weighted by atomic mass is 10.1. The Balaban J connectivity index is 3.15. The molecular weight excluding hydrogens is 238 g/mol. The summed E-state index contributed by atoms with van der Waals surface area (Å²) in [6, 6.07) is 5.86. The van der Waals surface area contributed by atoms with Gasteiger partial charge in [-0.1, -0.05) is 24.1 Å². The van der Waals surface area contributed by atoms with Crippen LogP contribution in [0.2, 0.25) is 0 Å². The van der Waals surface area contributed by atoms with E-state index in [0.29, 0.717) is 0 Å². The van der Waals surface area contributed by atoms with Crippen LogP contribution in [-0.2, 0) is 4.74 Å². The second-order valence-electron chi connectivity index (χ2n) is 5.51. The molecule has 0 N–H and O–H groups in total. The first-order valence-corrected chi connectivity index (χ1v) is 6.26. The predicted molar refractivity (Wildman–Crippen MR) is 78.3 cm³/mol. The molecular formula is C16H21NO2. The maximum absolute atomic E-state index is 12.3. The van der Waals surface area contributed by atoms with Crippen molar-refractivity contribution in [3.05, 3.63) is 29.3 Å². The molecule has 1 aromatic rings. The molecule has 0 aliphatic heterocycles. The van der Waals surface area contributed by atoms with Crippen molar-refractivity contribution >= 4 is 11.8 Å². The van der Waals surface area contributed by atoms with Crippen LogP contribution in [0.25, 0.3) is 0 Å². The van der Waals surface area contributed by atoms with Crippen molar-refractivity contribution in [1.82, 2.24) is 0 Å². The van der Waals surface area contributed by atoms with Gasteiger partial charge in [0.1, 0.15) is 5.60 Å². The third-order valence-corrected chi connectivity index (χ3v) is 2.57. The molecule has 0 aliphatic rings. The fraction of sp³-hybridized carbons (Fsp3) is 0.438. The number of rotatable bonds is 2. The molecule has 3 heteroatoms. The summed E-state index contributed by atoms with van der Waals surface area (Å²) in [6.45, 7) is 9.62. The van der Waals surface area contributed by atoms with Crippen LogP contribution in [0.3, 0.4) is 0 Å². The van der Waals surface area contributed by atoms with E-state index in [2.05, 4.69) is 5.92 Å². The van der Waals surface area contributed by atoms with Crippen LogP contribution < -0.4 is 4.90 Å². The summed E-state index contributed by atoms with van der Waals surface area (Å²) in [5, 5.41) is 0. The van der Waals surface area contributed by atoms with Gasteiger partial charge in [-0.25, -0.2) is 4.79 Å². The smallest absolute Gasteiger partial charge is 0.415 e. The number of carbonyl (C=O) groups excluding carboxylic acids is 1. The van der Waals surface area contributed by atoms with Crippen molar-refractivity contribution in [3.8, 4) is 12.3 Å². The Hall–Kier alpha value is -1.95. The summed E-state index contributed by atoms with van der Waals surface area (Å²) in [6.07, 6.45) is 4.95. The first-order valence-electron chi connectivity index (χ1n) is 6.26. The second kappa shape index (κ2) is 5.79. The van der Waals surface area contributed by atoms with Crippen LogP contribution in [0.1, 0.15) is 31.9 Å². The van der Waals surface area contributed by atoms with Crippen LogP contribution in [0.4, 0.5) is 10.5 Å². The first kappa shape index (κ1) is 15.1. The SMILES string of the molecule is C#CCN(C(=O)OC(C)(C)C)c1c(C)cccc1C. The minimum Gasteiger partial charge on any atom is -0.443 e. The number of benzene rings is 1. The second-order valence-corrected chi connectivity index (χ2v) is 5.51. The largest absolute Gasteiger partial charge is 0.443 e. The Morgan fingerprint density at radius 2 is 1.84 bits per heavy atom. The minimum atomic E-state index is -0.541. The lowest BCUT2D eigenvalue weighted by Gasteiger charge is -2.28. The van der Waals surface area contributed by atoms with Crippen LogP contribution in [0.5, 0.6) is 0 Å². The van der Waals surface area contributed by atoms with Crippen molar-refractivity contribution in [2.24, 2.45) is 0 Å². The number of anilines is 1. The summed E-state index contributed by atoms with van der Waals surface area (Å²) >= 11 is 0. The van der Waals surface area contributed by atoms with Crippen LogP contribution in [-0.4, -0.2) is 18.2 Å². The van der Waals surface area contributed by atoms with Crippen LogP contribution >= 0.6 is 0 Å². The molecule has 3 nitrogen and oxygen atoms in total. The highest BCUT2D eigenvalue weighted by molar-refractivity contribution is 5.90.